The third-order valence-corrected chi connectivity index (χ3v) is 8.29. The molecule has 0 spiro atoms. The summed E-state index contributed by atoms with van der Waals surface area (Å²) in [6.45, 7) is 8.66. The van der Waals surface area contributed by atoms with Crippen LogP contribution in [0.15, 0.2) is 77.7 Å². The number of para-hydroxylation sites is 2. The van der Waals surface area contributed by atoms with E-state index in [-0.39, 0.29) is 29.6 Å². The molecule has 0 saturated heterocycles. The molecule has 0 heterocycles. The van der Waals surface area contributed by atoms with Crippen LogP contribution in [-0.2, 0) is 26.2 Å². The van der Waals surface area contributed by atoms with Crippen LogP contribution in [0.4, 0.5) is 5.69 Å². The molecular formula is C31H38ClN3O6S. The van der Waals surface area contributed by atoms with Crippen molar-refractivity contribution in [1.29, 1.82) is 0 Å². The van der Waals surface area contributed by atoms with Crippen LogP contribution in [0, 0.1) is 0 Å². The Morgan fingerprint density at radius 3 is 2.29 bits per heavy atom. The van der Waals surface area contributed by atoms with E-state index >= 15 is 0 Å². The van der Waals surface area contributed by atoms with Gasteiger partial charge >= 0.3 is 0 Å². The molecule has 0 aliphatic heterocycles. The maximum atomic E-state index is 14.1. The molecule has 0 aliphatic carbocycles. The number of carbonyl (C=O) groups excluding carboxylic acids is 2. The van der Waals surface area contributed by atoms with Gasteiger partial charge in [0.25, 0.3) is 10.0 Å². The molecule has 3 rings (SSSR count). The molecule has 0 saturated carbocycles. The van der Waals surface area contributed by atoms with Crippen molar-refractivity contribution in [2.24, 2.45) is 0 Å². The number of nitrogens with one attached hydrogen (secondary N) is 1. The van der Waals surface area contributed by atoms with Gasteiger partial charge in [0.2, 0.25) is 11.8 Å². The maximum absolute atomic E-state index is 14.1. The molecule has 0 fully saturated rings. The van der Waals surface area contributed by atoms with E-state index < -0.39 is 34.1 Å². The summed E-state index contributed by atoms with van der Waals surface area (Å²) in [7, 11) is -2.73. The van der Waals surface area contributed by atoms with Gasteiger partial charge in [-0.05, 0) is 88.7 Å². The Labute approximate surface area is 253 Å². The van der Waals surface area contributed by atoms with Gasteiger partial charge in [-0.3, -0.25) is 13.9 Å². The normalized spacial score (nSPS) is 12.3. The molecule has 1 N–H and O–H groups in total. The Hall–Kier alpha value is -3.76. The molecule has 1 atom stereocenters. The van der Waals surface area contributed by atoms with Crippen LogP contribution in [0.25, 0.3) is 0 Å². The molecule has 0 aromatic heterocycles. The van der Waals surface area contributed by atoms with Crippen LogP contribution in [0.2, 0.25) is 5.02 Å². The first-order chi connectivity index (χ1) is 19.8. The number of nitrogens with zero attached hydrogens (tertiary/aromatic N) is 2. The number of sulfonamides is 1. The molecule has 226 valence electrons. The highest BCUT2D eigenvalue weighted by molar-refractivity contribution is 7.92. The third-order valence-electron chi connectivity index (χ3n) is 6.27. The van der Waals surface area contributed by atoms with Crippen molar-refractivity contribution < 1.29 is 27.5 Å². The molecule has 42 heavy (non-hydrogen) atoms. The van der Waals surface area contributed by atoms with E-state index in [4.69, 9.17) is 21.1 Å². The lowest BCUT2D eigenvalue weighted by Crippen LogP contribution is -2.54. The molecular weight excluding hydrogens is 578 g/mol. The zero-order chi connectivity index (χ0) is 31.1. The average molecular weight is 616 g/mol. The van der Waals surface area contributed by atoms with Crippen molar-refractivity contribution in [2.45, 2.75) is 57.6 Å². The van der Waals surface area contributed by atoms with Gasteiger partial charge in [-0.1, -0.05) is 35.9 Å². The van der Waals surface area contributed by atoms with Gasteiger partial charge in [0, 0.05) is 17.1 Å². The zero-order valence-corrected chi connectivity index (χ0v) is 26.3. The minimum absolute atomic E-state index is 0.0384. The summed E-state index contributed by atoms with van der Waals surface area (Å²) >= 11 is 6.02. The summed E-state index contributed by atoms with van der Waals surface area (Å²) in [5, 5.41) is 3.28. The van der Waals surface area contributed by atoms with E-state index in [0.29, 0.717) is 22.1 Å². The molecule has 3 aromatic carbocycles. The van der Waals surface area contributed by atoms with Crippen molar-refractivity contribution in [2.75, 3.05) is 24.6 Å². The molecule has 11 heteroatoms. The number of halogens is 1. The Bertz CT molecular complexity index is 1490. The summed E-state index contributed by atoms with van der Waals surface area (Å²) in [5.41, 5.74) is 0.354. The number of hydrogen-bond donors (Lipinski definition) is 1. The lowest BCUT2D eigenvalue weighted by atomic mass is 10.1. The molecule has 3 aromatic rings. The maximum Gasteiger partial charge on any atom is 0.264 e. The predicted octanol–water partition coefficient (Wildman–Crippen LogP) is 5.27. The average Bonchev–Trinajstić information content (AvgIpc) is 2.94. The Balaban J connectivity index is 2.10. The van der Waals surface area contributed by atoms with E-state index in [2.05, 4.69) is 5.32 Å². The fourth-order valence-electron chi connectivity index (χ4n) is 4.21. The quantitative estimate of drug-likeness (QED) is 0.297. The van der Waals surface area contributed by atoms with Gasteiger partial charge in [-0.25, -0.2) is 8.42 Å². The van der Waals surface area contributed by atoms with Gasteiger partial charge in [0.1, 0.15) is 24.1 Å². The number of methoxy groups -OCH3 is 1. The largest absolute Gasteiger partial charge is 0.497 e. The van der Waals surface area contributed by atoms with Crippen molar-refractivity contribution >= 4 is 39.1 Å². The van der Waals surface area contributed by atoms with E-state index in [0.717, 1.165) is 4.31 Å². The van der Waals surface area contributed by atoms with Gasteiger partial charge in [-0.2, -0.15) is 0 Å². The summed E-state index contributed by atoms with van der Waals surface area (Å²) < 4.78 is 40.2. The van der Waals surface area contributed by atoms with E-state index in [1.54, 1.807) is 56.3 Å². The Morgan fingerprint density at radius 2 is 1.67 bits per heavy atom. The first kappa shape index (κ1) is 32.8. The fraction of sp³-hybridized carbons (Fsp3) is 0.355. The van der Waals surface area contributed by atoms with Crippen molar-refractivity contribution in [3.8, 4) is 11.5 Å². The monoisotopic (exact) mass is 615 g/mol. The lowest BCUT2D eigenvalue weighted by Gasteiger charge is -2.33. The first-order valence-corrected chi connectivity index (χ1v) is 15.3. The highest BCUT2D eigenvalue weighted by Gasteiger charge is 2.34. The number of benzene rings is 3. The molecule has 0 unspecified atom stereocenters. The smallest absolute Gasteiger partial charge is 0.264 e. The van der Waals surface area contributed by atoms with Gasteiger partial charge < -0.3 is 19.7 Å². The minimum atomic E-state index is -4.27. The molecule has 0 bridgehead atoms. The fourth-order valence-corrected chi connectivity index (χ4v) is 5.76. The SMILES string of the molecule is CCOc1ccccc1N(CC(=O)N(Cc1cccc(OC)c1)[C@@H](C)C(=O)NC(C)(C)C)S(=O)(=O)c1ccc(Cl)cc1. The summed E-state index contributed by atoms with van der Waals surface area (Å²) in [4.78, 5) is 28.7. The predicted molar refractivity (Wildman–Crippen MR) is 164 cm³/mol. The van der Waals surface area contributed by atoms with E-state index in [1.165, 1.54) is 36.3 Å². The summed E-state index contributed by atoms with van der Waals surface area (Å²) in [6.07, 6.45) is 0. The lowest BCUT2D eigenvalue weighted by molar-refractivity contribution is -0.140. The van der Waals surface area contributed by atoms with Crippen molar-refractivity contribution in [3.63, 3.8) is 0 Å². The van der Waals surface area contributed by atoms with E-state index in [9.17, 15) is 18.0 Å². The summed E-state index contributed by atoms with van der Waals surface area (Å²) in [6, 6.07) is 18.5. The van der Waals surface area contributed by atoms with Crippen LogP contribution < -0.4 is 19.1 Å². The van der Waals surface area contributed by atoms with Crippen LogP contribution in [0.5, 0.6) is 11.5 Å². The van der Waals surface area contributed by atoms with Crippen molar-refractivity contribution in [1.82, 2.24) is 10.2 Å². The third kappa shape index (κ3) is 8.39. The van der Waals surface area contributed by atoms with Crippen LogP contribution >= 0.6 is 11.6 Å². The summed E-state index contributed by atoms with van der Waals surface area (Å²) in [5.74, 6) is -0.0775. The Kier molecular flexibility index (Phi) is 10.9. The standard InChI is InChI=1S/C31H38ClN3O6S/c1-7-41-28-14-9-8-13-27(28)35(42(38,39)26-17-15-24(32)16-18-26)21-29(36)34(22(2)30(37)33-31(3,4)5)20-23-11-10-12-25(19-23)40-6/h8-19,22H,7,20-21H2,1-6H3,(H,33,37)/t22-/m0/s1. The number of hydrogen-bond acceptors (Lipinski definition) is 6. The van der Waals surface area contributed by atoms with E-state index in [1.807, 2.05) is 26.8 Å². The second kappa shape index (κ2) is 13.9. The van der Waals surface area contributed by atoms with Crippen LogP contribution in [0.1, 0.15) is 40.2 Å². The second-order valence-corrected chi connectivity index (χ2v) is 13.0. The molecule has 9 nitrogen and oxygen atoms in total. The molecule has 2 amide bonds. The van der Waals surface area contributed by atoms with Crippen LogP contribution in [0.3, 0.4) is 0 Å². The molecule has 0 aliphatic rings. The number of amides is 2. The van der Waals surface area contributed by atoms with Crippen molar-refractivity contribution in [3.05, 3.63) is 83.4 Å². The van der Waals surface area contributed by atoms with Gasteiger partial charge in [0.05, 0.1) is 24.3 Å². The zero-order valence-electron chi connectivity index (χ0n) is 24.8. The minimum Gasteiger partial charge on any atom is -0.497 e. The number of rotatable bonds is 12. The highest BCUT2D eigenvalue weighted by Crippen LogP contribution is 2.33. The number of ether oxygens (including phenoxy) is 2. The van der Waals surface area contributed by atoms with Gasteiger partial charge in [0.15, 0.2) is 0 Å². The topological polar surface area (TPSA) is 105 Å². The molecule has 0 radical (unpaired) electrons. The second-order valence-electron chi connectivity index (χ2n) is 10.7. The van der Waals surface area contributed by atoms with Gasteiger partial charge in [-0.15, -0.1) is 0 Å². The highest BCUT2D eigenvalue weighted by atomic mass is 35.5. The first-order valence-electron chi connectivity index (χ1n) is 13.5. The number of anilines is 1. The van der Waals surface area contributed by atoms with Crippen LogP contribution in [-0.4, -0.2) is 57.0 Å². The Morgan fingerprint density at radius 1 is 1.00 bits per heavy atom. The number of carbonyl (C=O) groups is 2.